The zero-order chi connectivity index (χ0) is 17.2. The van der Waals surface area contributed by atoms with E-state index in [0.29, 0.717) is 18.5 Å². The van der Waals surface area contributed by atoms with Crippen LogP contribution in [0.25, 0.3) is 5.69 Å². The Bertz CT molecular complexity index is 847. The summed E-state index contributed by atoms with van der Waals surface area (Å²) in [7, 11) is -3.63. The van der Waals surface area contributed by atoms with Gasteiger partial charge >= 0.3 is 0 Å². The molecule has 1 amide bonds. The summed E-state index contributed by atoms with van der Waals surface area (Å²) in [5.41, 5.74) is 0.661. The predicted octanol–water partition coefficient (Wildman–Crippen LogP) is 0.583. The molecule has 0 spiro atoms. The number of nitrogens with zero attached hydrogens (tertiary/aromatic N) is 4. The third-order valence-electron chi connectivity index (χ3n) is 3.87. The van der Waals surface area contributed by atoms with Gasteiger partial charge in [0.05, 0.1) is 11.4 Å². The molecule has 0 saturated carbocycles. The van der Waals surface area contributed by atoms with Gasteiger partial charge in [0.25, 0.3) is 0 Å². The summed E-state index contributed by atoms with van der Waals surface area (Å²) in [6.07, 6.45) is 2.17. The highest BCUT2D eigenvalue weighted by molar-refractivity contribution is 7.91. The molecule has 1 fully saturated rings. The highest BCUT2D eigenvalue weighted by Crippen LogP contribution is 2.25. The van der Waals surface area contributed by atoms with Gasteiger partial charge in [0, 0.05) is 12.5 Å². The fourth-order valence-corrected chi connectivity index (χ4v) is 4.50. The summed E-state index contributed by atoms with van der Waals surface area (Å²) in [6.45, 7) is 3.63. The first-order valence-corrected chi connectivity index (χ1v) is 9.20. The van der Waals surface area contributed by atoms with E-state index in [9.17, 15) is 13.2 Å². The Morgan fingerprint density at radius 3 is 2.75 bits per heavy atom. The van der Waals surface area contributed by atoms with E-state index in [0.717, 1.165) is 0 Å². The van der Waals surface area contributed by atoms with Gasteiger partial charge < -0.3 is 5.32 Å². The maximum absolute atomic E-state index is 12.8. The van der Waals surface area contributed by atoms with E-state index in [1.165, 1.54) is 10.8 Å². The molecular weight excluding hydrogens is 330 g/mol. The number of hydrogen-bond acceptors (Lipinski definition) is 6. The molecule has 1 saturated heterocycles. The topological polar surface area (TPSA) is 107 Å². The monoisotopic (exact) mass is 347 g/mol. The van der Waals surface area contributed by atoms with Crippen LogP contribution in [0.4, 0.5) is 0 Å². The zero-order valence-corrected chi connectivity index (χ0v) is 13.7. The van der Waals surface area contributed by atoms with Crippen molar-refractivity contribution in [3.63, 3.8) is 0 Å². The second kappa shape index (κ2) is 6.52. The lowest BCUT2D eigenvalue weighted by molar-refractivity contribution is -0.119. The van der Waals surface area contributed by atoms with E-state index in [1.807, 2.05) is 18.2 Å². The molecule has 2 aromatic rings. The summed E-state index contributed by atoms with van der Waals surface area (Å²) in [5.74, 6) is -0.114. The Morgan fingerprint density at radius 1 is 1.38 bits per heavy atom. The predicted molar refractivity (Wildman–Crippen MR) is 87.0 cm³/mol. The maximum Gasteiger partial charge on any atom is 0.220 e. The summed E-state index contributed by atoms with van der Waals surface area (Å²) in [5, 5.41) is 13.0. The number of sulfone groups is 1. The van der Waals surface area contributed by atoms with Gasteiger partial charge in [-0.3, -0.25) is 4.79 Å². The standard InChI is InChI=1S/C15H17N5O3S/c1-2-13(24(22,23)10-11-8-9-14(21)16-11)15-17-18-19-20(15)12-6-4-3-5-7-12/h2-7,11,13H,1,8-10H2,(H,16,21). The van der Waals surface area contributed by atoms with Gasteiger partial charge in [-0.2, -0.15) is 4.68 Å². The van der Waals surface area contributed by atoms with E-state index < -0.39 is 15.1 Å². The van der Waals surface area contributed by atoms with Crippen LogP contribution < -0.4 is 5.32 Å². The van der Waals surface area contributed by atoms with Crippen LogP contribution in [-0.2, 0) is 14.6 Å². The van der Waals surface area contributed by atoms with Crippen LogP contribution in [0.3, 0.4) is 0 Å². The molecule has 3 rings (SSSR count). The van der Waals surface area contributed by atoms with Crippen LogP contribution in [0.5, 0.6) is 0 Å². The first-order chi connectivity index (χ1) is 11.5. The minimum Gasteiger partial charge on any atom is -0.352 e. The van der Waals surface area contributed by atoms with Crippen molar-refractivity contribution in [2.75, 3.05) is 5.75 Å². The van der Waals surface area contributed by atoms with Gasteiger partial charge in [-0.05, 0) is 29.0 Å². The average Bonchev–Trinajstić information content (AvgIpc) is 3.17. The van der Waals surface area contributed by atoms with E-state index in [2.05, 4.69) is 27.4 Å². The van der Waals surface area contributed by atoms with Crippen molar-refractivity contribution in [2.45, 2.75) is 24.1 Å². The molecule has 1 aromatic heterocycles. The van der Waals surface area contributed by atoms with Crippen LogP contribution in [0.2, 0.25) is 0 Å². The molecule has 1 aliphatic heterocycles. The van der Waals surface area contributed by atoms with Crippen LogP contribution in [0, 0.1) is 0 Å². The molecule has 2 heterocycles. The number of tetrazole rings is 1. The number of para-hydroxylation sites is 1. The van der Waals surface area contributed by atoms with Crippen molar-refractivity contribution in [2.24, 2.45) is 0 Å². The SMILES string of the molecule is C=CC(c1nnnn1-c1ccccc1)S(=O)(=O)CC1CCC(=O)N1. The fraction of sp³-hybridized carbons (Fsp3) is 0.333. The first-order valence-electron chi connectivity index (χ1n) is 7.48. The van der Waals surface area contributed by atoms with E-state index in [4.69, 9.17) is 0 Å². The van der Waals surface area contributed by atoms with Crippen molar-refractivity contribution < 1.29 is 13.2 Å². The normalized spacial score (nSPS) is 19.0. The lowest BCUT2D eigenvalue weighted by atomic mass is 10.2. The Kier molecular flexibility index (Phi) is 4.43. The van der Waals surface area contributed by atoms with Crippen LogP contribution in [0.15, 0.2) is 43.0 Å². The second-order valence-electron chi connectivity index (χ2n) is 5.57. The molecule has 126 valence electrons. The fourth-order valence-electron chi connectivity index (χ4n) is 2.72. The van der Waals surface area contributed by atoms with Gasteiger partial charge in [-0.25, -0.2) is 8.42 Å². The molecule has 2 unspecified atom stereocenters. The van der Waals surface area contributed by atoms with Crippen molar-refractivity contribution in [1.29, 1.82) is 0 Å². The Labute approximate surface area is 139 Å². The number of benzene rings is 1. The minimum absolute atomic E-state index is 0.125. The number of rotatable bonds is 6. The highest BCUT2D eigenvalue weighted by Gasteiger charge is 2.34. The van der Waals surface area contributed by atoms with Crippen molar-refractivity contribution in [3.8, 4) is 5.69 Å². The summed E-state index contributed by atoms with van der Waals surface area (Å²) >= 11 is 0. The van der Waals surface area contributed by atoms with Gasteiger partial charge in [-0.1, -0.05) is 24.3 Å². The molecule has 0 bridgehead atoms. The van der Waals surface area contributed by atoms with Crippen molar-refractivity contribution in [1.82, 2.24) is 25.5 Å². The third-order valence-corrected chi connectivity index (χ3v) is 5.91. The number of nitrogens with one attached hydrogen (secondary N) is 1. The largest absolute Gasteiger partial charge is 0.352 e. The average molecular weight is 347 g/mol. The quantitative estimate of drug-likeness (QED) is 0.766. The maximum atomic E-state index is 12.8. The number of amides is 1. The van der Waals surface area contributed by atoms with Crippen LogP contribution in [0.1, 0.15) is 23.9 Å². The number of carbonyl (C=O) groups is 1. The van der Waals surface area contributed by atoms with Gasteiger partial charge in [0.15, 0.2) is 15.7 Å². The van der Waals surface area contributed by atoms with E-state index in [1.54, 1.807) is 12.1 Å². The molecule has 8 nitrogen and oxygen atoms in total. The second-order valence-corrected chi connectivity index (χ2v) is 7.74. The summed E-state index contributed by atoms with van der Waals surface area (Å²) < 4.78 is 26.9. The van der Waals surface area contributed by atoms with Crippen LogP contribution in [-0.4, -0.2) is 46.3 Å². The molecule has 1 aromatic carbocycles. The number of hydrogen-bond donors (Lipinski definition) is 1. The smallest absolute Gasteiger partial charge is 0.220 e. The molecule has 24 heavy (non-hydrogen) atoms. The third kappa shape index (κ3) is 3.21. The van der Waals surface area contributed by atoms with Crippen molar-refractivity contribution >= 4 is 15.7 Å². The molecule has 9 heteroatoms. The van der Waals surface area contributed by atoms with Gasteiger partial charge in [0.2, 0.25) is 5.91 Å². The zero-order valence-electron chi connectivity index (χ0n) is 12.9. The lowest BCUT2D eigenvalue weighted by Crippen LogP contribution is -2.34. The van der Waals surface area contributed by atoms with Crippen LogP contribution >= 0.6 is 0 Å². The lowest BCUT2D eigenvalue weighted by Gasteiger charge is -2.16. The Balaban J connectivity index is 1.91. The first kappa shape index (κ1) is 16.3. The minimum atomic E-state index is -3.63. The van der Waals surface area contributed by atoms with E-state index in [-0.39, 0.29) is 23.5 Å². The van der Waals surface area contributed by atoms with Gasteiger partial charge in [0.1, 0.15) is 5.25 Å². The Morgan fingerprint density at radius 2 is 2.12 bits per heavy atom. The van der Waals surface area contributed by atoms with Crippen molar-refractivity contribution in [3.05, 3.63) is 48.8 Å². The summed E-state index contributed by atoms with van der Waals surface area (Å²) in [4.78, 5) is 11.3. The van der Waals surface area contributed by atoms with Gasteiger partial charge in [-0.15, -0.1) is 11.7 Å². The Hall–Kier alpha value is -2.55. The molecule has 2 atom stereocenters. The molecule has 1 N–H and O–H groups in total. The molecule has 0 aliphatic carbocycles. The van der Waals surface area contributed by atoms with E-state index >= 15 is 0 Å². The summed E-state index contributed by atoms with van der Waals surface area (Å²) in [6, 6.07) is 8.65. The number of aromatic nitrogens is 4. The molecule has 0 radical (unpaired) electrons. The molecular formula is C15H17N5O3S. The molecule has 1 aliphatic rings. The highest BCUT2D eigenvalue weighted by atomic mass is 32.2. The number of carbonyl (C=O) groups excluding carboxylic acids is 1.